The molecule has 31 heavy (non-hydrogen) atoms. The van der Waals surface area contributed by atoms with E-state index in [-0.39, 0.29) is 5.56 Å². The van der Waals surface area contributed by atoms with Gasteiger partial charge in [0.25, 0.3) is 5.56 Å². The number of carbonyl (C=O) groups is 1. The summed E-state index contributed by atoms with van der Waals surface area (Å²) in [6.45, 7) is 7.30. The molecular weight excluding hydrogens is 530 g/mol. The van der Waals surface area contributed by atoms with Crippen molar-refractivity contribution in [2.24, 2.45) is 5.10 Å². The first kappa shape index (κ1) is 23.1. The first-order valence-corrected chi connectivity index (χ1v) is 11.0. The highest BCUT2D eigenvalue weighted by Crippen LogP contribution is 2.25. The topological polar surface area (TPSA) is 93.8 Å². The fourth-order valence-corrected chi connectivity index (χ4v) is 3.57. The Hall–Kier alpha value is -2.52. The van der Waals surface area contributed by atoms with Crippen molar-refractivity contribution in [2.75, 3.05) is 0 Å². The summed E-state index contributed by atoms with van der Waals surface area (Å²) in [5.74, 6) is -0.245. The number of benzene rings is 2. The Morgan fingerprint density at radius 1 is 1.19 bits per heavy atom. The minimum Gasteiger partial charge on any atom is -0.479 e. The largest absolute Gasteiger partial charge is 0.479 e. The lowest BCUT2D eigenvalue weighted by Gasteiger charge is -2.21. The van der Waals surface area contributed by atoms with E-state index in [1.54, 1.807) is 30.3 Å². The molecule has 7 nitrogen and oxygen atoms in total. The summed E-state index contributed by atoms with van der Waals surface area (Å²) in [5.41, 5.74) is 0.352. The molecule has 0 aliphatic rings. The molecule has 1 heterocycles. The maximum absolute atomic E-state index is 13.3. The van der Waals surface area contributed by atoms with Gasteiger partial charge in [0.15, 0.2) is 6.10 Å². The molecule has 0 unspecified atom stereocenters. The van der Waals surface area contributed by atoms with Crippen LogP contribution in [0.15, 0.2) is 55.2 Å². The van der Waals surface area contributed by atoms with Crippen molar-refractivity contribution in [1.29, 1.82) is 0 Å². The number of nitrogens with zero attached hydrogens (tertiary/aromatic N) is 3. The fourth-order valence-electron chi connectivity index (χ4n) is 2.83. The van der Waals surface area contributed by atoms with Gasteiger partial charge in [0.05, 0.1) is 17.1 Å². The number of aliphatic carboxylic acids is 1. The van der Waals surface area contributed by atoms with Crippen LogP contribution < -0.4 is 10.3 Å². The predicted molar refractivity (Wildman–Crippen MR) is 127 cm³/mol. The van der Waals surface area contributed by atoms with E-state index in [1.165, 1.54) is 17.8 Å². The number of halogens is 2. The standard InChI is InChI=1S/C22H21Br2N3O4/c1-12(20(29)30)31-18-8-6-14(23)9-13(18)11-25-27-19(28)16-10-15(24)5-7-17(16)26-21(27)22(2,3)4/h5-12H,1-4H3,(H,29,30)/t12-/m1/s1. The molecule has 0 radical (unpaired) electrons. The van der Waals surface area contributed by atoms with Crippen LogP contribution in [0.5, 0.6) is 5.75 Å². The Balaban J connectivity index is 2.17. The number of hydrogen-bond donors (Lipinski definition) is 1. The molecule has 1 atom stereocenters. The van der Waals surface area contributed by atoms with Gasteiger partial charge >= 0.3 is 5.97 Å². The number of carboxylic acids is 1. The Labute approximate surface area is 196 Å². The van der Waals surface area contributed by atoms with E-state index in [4.69, 9.17) is 9.84 Å². The monoisotopic (exact) mass is 549 g/mol. The van der Waals surface area contributed by atoms with Crippen LogP contribution in [0.2, 0.25) is 0 Å². The van der Waals surface area contributed by atoms with Crippen molar-refractivity contribution in [3.63, 3.8) is 0 Å². The smallest absolute Gasteiger partial charge is 0.344 e. The third kappa shape index (κ3) is 5.22. The zero-order valence-corrected chi connectivity index (χ0v) is 20.6. The van der Waals surface area contributed by atoms with E-state index in [0.29, 0.717) is 28.0 Å². The molecule has 162 valence electrons. The molecule has 0 bridgehead atoms. The summed E-state index contributed by atoms with van der Waals surface area (Å²) in [7, 11) is 0. The summed E-state index contributed by atoms with van der Waals surface area (Å²) in [6.07, 6.45) is 0.428. The van der Waals surface area contributed by atoms with E-state index in [1.807, 2.05) is 26.8 Å². The molecule has 0 saturated carbocycles. The zero-order chi connectivity index (χ0) is 22.9. The van der Waals surface area contributed by atoms with Crippen LogP contribution in [0.3, 0.4) is 0 Å². The van der Waals surface area contributed by atoms with Gasteiger partial charge in [0.2, 0.25) is 0 Å². The van der Waals surface area contributed by atoms with E-state index < -0.39 is 17.5 Å². The van der Waals surface area contributed by atoms with Gasteiger partial charge in [-0.05, 0) is 43.3 Å². The average molecular weight is 551 g/mol. The number of carboxylic acid groups (broad SMARTS) is 1. The second kappa shape index (κ2) is 8.92. The molecular formula is C22H21Br2N3O4. The molecule has 0 aliphatic heterocycles. The van der Waals surface area contributed by atoms with Gasteiger partial charge in [-0.3, -0.25) is 4.79 Å². The van der Waals surface area contributed by atoms with Gasteiger partial charge in [-0.2, -0.15) is 9.78 Å². The van der Waals surface area contributed by atoms with Crippen LogP contribution >= 0.6 is 31.9 Å². The van der Waals surface area contributed by atoms with Crippen molar-refractivity contribution >= 4 is 54.9 Å². The first-order chi connectivity index (χ1) is 14.5. The van der Waals surface area contributed by atoms with Crippen molar-refractivity contribution < 1.29 is 14.6 Å². The summed E-state index contributed by atoms with van der Waals surface area (Å²) in [4.78, 5) is 29.1. The Kier molecular flexibility index (Phi) is 6.66. The molecule has 3 aromatic rings. The minimum atomic E-state index is -1.08. The molecule has 0 amide bonds. The molecule has 0 aliphatic carbocycles. The fraction of sp³-hybridized carbons (Fsp3) is 0.273. The highest BCUT2D eigenvalue weighted by molar-refractivity contribution is 9.10. The second-order valence-electron chi connectivity index (χ2n) is 7.99. The number of rotatable bonds is 5. The number of hydrogen-bond acceptors (Lipinski definition) is 5. The Bertz CT molecular complexity index is 1250. The van der Waals surface area contributed by atoms with Crippen LogP contribution in [-0.2, 0) is 10.2 Å². The zero-order valence-electron chi connectivity index (χ0n) is 17.4. The molecule has 2 aromatic carbocycles. The quantitative estimate of drug-likeness (QED) is 0.453. The van der Waals surface area contributed by atoms with Crippen LogP contribution in [0.1, 0.15) is 39.1 Å². The lowest BCUT2D eigenvalue weighted by atomic mass is 9.95. The summed E-state index contributed by atoms with van der Waals surface area (Å²) in [6, 6.07) is 10.5. The highest BCUT2D eigenvalue weighted by Gasteiger charge is 2.23. The Morgan fingerprint density at radius 2 is 1.84 bits per heavy atom. The first-order valence-electron chi connectivity index (χ1n) is 9.43. The maximum atomic E-state index is 13.3. The van der Waals surface area contributed by atoms with Gasteiger partial charge in [0, 0.05) is 19.9 Å². The van der Waals surface area contributed by atoms with Gasteiger partial charge in [-0.1, -0.05) is 52.6 Å². The van der Waals surface area contributed by atoms with E-state index in [9.17, 15) is 9.59 Å². The van der Waals surface area contributed by atoms with Gasteiger partial charge < -0.3 is 9.84 Å². The summed E-state index contributed by atoms with van der Waals surface area (Å²) in [5, 5.41) is 14.0. The molecule has 9 heteroatoms. The molecule has 0 spiro atoms. The minimum absolute atomic E-state index is 0.302. The maximum Gasteiger partial charge on any atom is 0.344 e. The molecule has 1 aromatic heterocycles. The molecule has 1 N–H and O–H groups in total. The average Bonchev–Trinajstić information content (AvgIpc) is 2.68. The molecule has 0 saturated heterocycles. The number of ether oxygens (including phenoxy) is 1. The normalized spacial score (nSPS) is 13.0. The lowest BCUT2D eigenvalue weighted by Crippen LogP contribution is -2.29. The van der Waals surface area contributed by atoms with Crippen LogP contribution in [0, 0.1) is 0 Å². The van der Waals surface area contributed by atoms with Gasteiger partial charge in [0.1, 0.15) is 11.6 Å². The highest BCUT2D eigenvalue weighted by atomic mass is 79.9. The van der Waals surface area contributed by atoms with E-state index >= 15 is 0 Å². The lowest BCUT2D eigenvalue weighted by molar-refractivity contribution is -0.144. The van der Waals surface area contributed by atoms with Crippen LogP contribution in [-0.4, -0.2) is 33.1 Å². The third-order valence-electron chi connectivity index (χ3n) is 4.41. The van der Waals surface area contributed by atoms with Crippen molar-refractivity contribution in [3.05, 3.63) is 67.1 Å². The summed E-state index contributed by atoms with van der Waals surface area (Å²) < 4.78 is 8.35. The van der Waals surface area contributed by atoms with Crippen molar-refractivity contribution in [1.82, 2.24) is 9.66 Å². The third-order valence-corrected chi connectivity index (χ3v) is 5.40. The molecule has 3 rings (SSSR count). The van der Waals surface area contributed by atoms with E-state index in [0.717, 1.165) is 8.95 Å². The second-order valence-corrected chi connectivity index (χ2v) is 9.82. The van der Waals surface area contributed by atoms with Gasteiger partial charge in [-0.15, -0.1) is 0 Å². The Morgan fingerprint density at radius 3 is 2.48 bits per heavy atom. The molecule has 0 fully saturated rings. The van der Waals surface area contributed by atoms with Gasteiger partial charge in [-0.25, -0.2) is 9.78 Å². The number of aromatic nitrogens is 2. The number of fused-ring (bicyclic) bond motifs is 1. The SMILES string of the molecule is C[C@@H](Oc1ccc(Br)cc1C=Nn1c(C(C)(C)C)nc2ccc(Br)cc2c1=O)C(=O)O. The van der Waals surface area contributed by atoms with Crippen LogP contribution in [0.25, 0.3) is 10.9 Å². The predicted octanol–water partition coefficient (Wildman–Crippen LogP) is 4.95. The van der Waals surface area contributed by atoms with Crippen molar-refractivity contribution in [3.8, 4) is 5.75 Å². The van der Waals surface area contributed by atoms with Crippen molar-refractivity contribution in [2.45, 2.75) is 39.2 Å². The summed E-state index contributed by atoms with van der Waals surface area (Å²) >= 11 is 6.79. The van der Waals surface area contributed by atoms with Crippen LogP contribution in [0.4, 0.5) is 0 Å². The van der Waals surface area contributed by atoms with E-state index in [2.05, 4.69) is 41.9 Å².